The van der Waals surface area contributed by atoms with Gasteiger partial charge < -0.3 is 28.7 Å². The topological polar surface area (TPSA) is 113 Å². The molecule has 0 saturated heterocycles. The molecule has 0 aliphatic rings. The lowest BCUT2D eigenvalue weighted by atomic mass is 10.0. The van der Waals surface area contributed by atoms with Gasteiger partial charge in [-0.05, 0) is 31.0 Å². The maximum Gasteiger partial charge on any atom is 0.339 e. The number of hydrogen-bond acceptors (Lipinski definition) is 8. The van der Waals surface area contributed by atoms with Crippen LogP contribution in [0.5, 0.6) is 17.2 Å². The van der Waals surface area contributed by atoms with Crippen molar-refractivity contribution < 1.29 is 33.0 Å². The number of esters is 1. The Bertz CT molecular complexity index is 1210. The number of aryl methyl sites for hydroxylation is 1. The lowest BCUT2D eigenvalue weighted by molar-refractivity contribution is -0.147. The van der Waals surface area contributed by atoms with Crippen LogP contribution in [0.4, 0.5) is 5.69 Å². The molecule has 0 unspecified atom stereocenters. The second kappa shape index (κ2) is 10.5. The summed E-state index contributed by atoms with van der Waals surface area (Å²) >= 11 is 0. The Hall–Kier alpha value is -4.01. The zero-order valence-electron chi connectivity index (χ0n) is 18.9. The molecule has 33 heavy (non-hydrogen) atoms. The highest BCUT2D eigenvalue weighted by Gasteiger charge is 2.15. The number of benzene rings is 2. The van der Waals surface area contributed by atoms with Gasteiger partial charge in [0.25, 0.3) is 5.91 Å². The Morgan fingerprint density at radius 3 is 2.24 bits per heavy atom. The van der Waals surface area contributed by atoms with Gasteiger partial charge in [-0.2, -0.15) is 0 Å². The van der Waals surface area contributed by atoms with Crippen molar-refractivity contribution >= 4 is 28.5 Å². The fourth-order valence-corrected chi connectivity index (χ4v) is 3.31. The average Bonchev–Trinajstić information content (AvgIpc) is 2.81. The van der Waals surface area contributed by atoms with E-state index in [4.69, 9.17) is 23.4 Å². The van der Waals surface area contributed by atoms with E-state index in [9.17, 15) is 14.4 Å². The van der Waals surface area contributed by atoms with Gasteiger partial charge in [-0.3, -0.25) is 9.59 Å². The number of rotatable bonds is 9. The highest BCUT2D eigenvalue weighted by molar-refractivity contribution is 5.93. The van der Waals surface area contributed by atoms with Crippen LogP contribution in [0, 0.1) is 6.92 Å². The monoisotopic (exact) mass is 455 g/mol. The van der Waals surface area contributed by atoms with E-state index in [2.05, 4.69) is 5.32 Å². The summed E-state index contributed by atoms with van der Waals surface area (Å²) in [6.45, 7) is 1.33. The van der Waals surface area contributed by atoms with Gasteiger partial charge in [0.15, 0.2) is 6.61 Å². The zero-order chi connectivity index (χ0) is 24.0. The summed E-state index contributed by atoms with van der Waals surface area (Å²) in [5, 5.41) is 3.37. The third kappa shape index (κ3) is 5.82. The van der Waals surface area contributed by atoms with E-state index in [-0.39, 0.29) is 12.8 Å². The van der Waals surface area contributed by atoms with E-state index in [1.165, 1.54) is 21.3 Å². The summed E-state index contributed by atoms with van der Waals surface area (Å²) in [5.74, 6) is 0.456. The van der Waals surface area contributed by atoms with Crippen LogP contribution < -0.4 is 25.2 Å². The summed E-state index contributed by atoms with van der Waals surface area (Å²) in [4.78, 5) is 36.7. The Balaban J connectivity index is 1.58. The van der Waals surface area contributed by atoms with Gasteiger partial charge in [0.2, 0.25) is 0 Å². The van der Waals surface area contributed by atoms with Crippen molar-refractivity contribution in [1.29, 1.82) is 0 Å². The van der Waals surface area contributed by atoms with Crippen molar-refractivity contribution in [2.75, 3.05) is 33.3 Å². The number of carbonyl (C=O) groups is 2. The number of fused-ring (bicyclic) bond motifs is 1. The first-order valence-corrected chi connectivity index (χ1v) is 10.1. The Labute approximate surface area is 190 Å². The van der Waals surface area contributed by atoms with Gasteiger partial charge in [0, 0.05) is 47.3 Å². The first-order chi connectivity index (χ1) is 15.8. The molecule has 0 fully saturated rings. The first kappa shape index (κ1) is 23.6. The Kier molecular flexibility index (Phi) is 7.55. The van der Waals surface area contributed by atoms with Crippen molar-refractivity contribution in [2.24, 2.45) is 0 Å². The van der Waals surface area contributed by atoms with Gasteiger partial charge in [-0.1, -0.05) is 0 Å². The predicted octanol–water partition coefficient (Wildman–Crippen LogP) is 3.24. The first-order valence-electron chi connectivity index (χ1n) is 10.1. The van der Waals surface area contributed by atoms with Crippen LogP contribution in [0.15, 0.2) is 45.6 Å². The number of nitrogens with one attached hydrogen (secondary N) is 1. The van der Waals surface area contributed by atoms with Crippen molar-refractivity contribution in [3.05, 3.63) is 57.9 Å². The number of hydrogen-bond donors (Lipinski definition) is 1. The normalized spacial score (nSPS) is 10.5. The quantitative estimate of drug-likeness (QED) is 0.386. The third-order valence-corrected chi connectivity index (χ3v) is 5.07. The Morgan fingerprint density at radius 1 is 0.939 bits per heavy atom. The third-order valence-electron chi connectivity index (χ3n) is 5.07. The smallest absolute Gasteiger partial charge is 0.339 e. The highest BCUT2D eigenvalue weighted by atomic mass is 16.5. The molecular weight excluding hydrogens is 430 g/mol. The molecule has 3 aromatic rings. The molecule has 9 heteroatoms. The van der Waals surface area contributed by atoms with Crippen LogP contribution >= 0.6 is 0 Å². The molecule has 2 aromatic carbocycles. The number of amides is 1. The van der Waals surface area contributed by atoms with Crippen LogP contribution in [0.25, 0.3) is 11.0 Å². The van der Waals surface area contributed by atoms with Crippen LogP contribution in [-0.4, -0.2) is 39.8 Å². The van der Waals surface area contributed by atoms with Crippen molar-refractivity contribution in [3.63, 3.8) is 0 Å². The number of carbonyl (C=O) groups excluding carboxylic acids is 2. The molecule has 1 heterocycles. The van der Waals surface area contributed by atoms with Gasteiger partial charge in [-0.15, -0.1) is 0 Å². The van der Waals surface area contributed by atoms with Crippen LogP contribution in [0.2, 0.25) is 0 Å². The Morgan fingerprint density at radius 2 is 1.61 bits per heavy atom. The molecule has 0 aliphatic heterocycles. The lowest BCUT2D eigenvalue weighted by Crippen LogP contribution is -2.21. The fourth-order valence-electron chi connectivity index (χ4n) is 3.31. The molecule has 0 radical (unpaired) electrons. The summed E-state index contributed by atoms with van der Waals surface area (Å²) in [6.07, 6.45) is 0.0528. The molecule has 1 aromatic heterocycles. The highest BCUT2D eigenvalue weighted by Crippen LogP contribution is 2.26. The SMILES string of the molecule is COc1cc(NC(=O)COC(=O)CCc2c(C)c3ccc(OC)cc3oc2=O)cc(OC)c1. The van der Waals surface area contributed by atoms with Crippen molar-refractivity contribution in [2.45, 2.75) is 19.8 Å². The van der Waals surface area contributed by atoms with E-state index in [1.54, 1.807) is 43.3 Å². The lowest BCUT2D eigenvalue weighted by Gasteiger charge is -2.11. The molecule has 1 N–H and O–H groups in total. The van der Waals surface area contributed by atoms with Gasteiger partial charge >= 0.3 is 11.6 Å². The second-order valence-electron chi connectivity index (χ2n) is 7.17. The molecule has 0 aliphatic carbocycles. The summed E-state index contributed by atoms with van der Waals surface area (Å²) in [5.41, 5.74) is 1.44. The maximum absolute atomic E-state index is 12.4. The van der Waals surface area contributed by atoms with E-state index in [0.29, 0.717) is 34.1 Å². The minimum Gasteiger partial charge on any atom is -0.497 e. The minimum absolute atomic E-state index is 0.0759. The summed E-state index contributed by atoms with van der Waals surface area (Å²) in [7, 11) is 4.52. The number of ether oxygens (including phenoxy) is 4. The number of anilines is 1. The van der Waals surface area contributed by atoms with E-state index in [1.807, 2.05) is 0 Å². The fraction of sp³-hybridized carbons (Fsp3) is 0.292. The minimum atomic E-state index is -0.609. The maximum atomic E-state index is 12.4. The average molecular weight is 455 g/mol. The predicted molar refractivity (Wildman–Crippen MR) is 121 cm³/mol. The second-order valence-corrected chi connectivity index (χ2v) is 7.17. The van der Waals surface area contributed by atoms with E-state index in [0.717, 1.165) is 10.9 Å². The molecule has 0 atom stereocenters. The van der Waals surface area contributed by atoms with E-state index >= 15 is 0 Å². The van der Waals surface area contributed by atoms with Crippen LogP contribution in [0.1, 0.15) is 17.5 Å². The molecule has 0 spiro atoms. The van der Waals surface area contributed by atoms with Crippen LogP contribution in [0.3, 0.4) is 0 Å². The van der Waals surface area contributed by atoms with Gasteiger partial charge in [-0.25, -0.2) is 4.79 Å². The van der Waals surface area contributed by atoms with E-state index < -0.39 is 24.1 Å². The molecule has 1 amide bonds. The van der Waals surface area contributed by atoms with Crippen LogP contribution in [-0.2, 0) is 20.7 Å². The molecule has 3 rings (SSSR count). The number of methoxy groups -OCH3 is 3. The summed E-state index contributed by atoms with van der Waals surface area (Å²) in [6, 6.07) is 10.1. The van der Waals surface area contributed by atoms with Gasteiger partial charge in [0.1, 0.15) is 22.8 Å². The molecule has 174 valence electrons. The summed E-state index contributed by atoms with van der Waals surface area (Å²) < 4.78 is 25.9. The molecule has 9 nitrogen and oxygen atoms in total. The molecule has 0 bridgehead atoms. The standard InChI is InChI=1S/C24H25NO8/c1-14-19-6-5-16(29-2)12-21(19)33-24(28)20(14)7-8-23(27)32-13-22(26)25-15-9-17(30-3)11-18(10-15)31-4/h5-6,9-12H,7-8,13H2,1-4H3,(H,25,26). The molecular formula is C24H25NO8. The van der Waals surface area contributed by atoms with Gasteiger partial charge in [0.05, 0.1) is 21.3 Å². The molecule has 0 saturated carbocycles. The largest absolute Gasteiger partial charge is 0.497 e. The van der Waals surface area contributed by atoms with Crippen molar-refractivity contribution in [3.8, 4) is 17.2 Å². The zero-order valence-corrected chi connectivity index (χ0v) is 18.9. The van der Waals surface area contributed by atoms with Crippen molar-refractivity contribution in [1.82, 2.24) is 0 Å².